The minimum Gasteiger partial charge on any atom is -0.330 e. The Morgan fingerprint density at radius 3 is 2.70 bits per heavy atom. The number of nitrogens with two attached hydrogens (primary N) is 1. The summed E-state index contributed by atoms with van der Waals surface area (Å²) in [6, 6.07) is 6.60. The highest BCUT2D eigenvalue weighted by atomic mass is 16.2. The lowest BCUT2D eigenvalue weighted by Gasteiger charge is -2.29. The van der Waals surface area contributed by atoms with Crippen LogP contribution < -0.4 is 10.6 Å². The highest BCUT2D eigenvalue weighted by Crippen LogP contribution is 2.40. The molecule has 1 aliphatic heterocycles. The lowest BCUT2D eigenvalue weighted by molar-refractivity contribution is -0.118. The zero-order valence-electron chi connectivity index (χ0n) is 12.3. The molecule has 0 unspecified atom stereocenters. The maximum Gasteiger partial charge on any atom is 0.227 e. The molecular weight excluding hydrogens is 248 g/mol. The molecule has 20 heavy (non-hydrogen) atoms. The van der Waals surface area contributed by atoms with E-state index in [1.54, 1.807) is 4.90 Å². The predicted molar refractivity (Wildman–Crippen MR) is 81.8 cm³/mol. The van der Waals surface area contributed by atoms with Crippen molar-refractivity contribution in [2.24, 2.45) is 11.1 Å². The van der Waals surface area contributed by atoms with E-state index in [9.17, 15) is 4.79 Å². The summed E-state index contributed by atoms with van der Waals surface area (Å²) in [5, 5.41) is 0. The Hall–Kier alpha value is -1.35. The van der Waals surface area contributed by atoms with E-state index in [1.807, 2.05) is 7.05 Å². The van der Waals surface area contributed by atoms with Crippen molar-refractivity contribution in [3.8, 4) is 0 Å². The van der Waals surface area contributed by atoms with Crippen LogP contribution in [0.2, 0.25) is 0 Å². The van der Waals surface area contributed by atoms with Gasteiger partial charge in [-0.1, -0.05) is 25.0 Å². The lowest BCUT2D eigenvalue weighted by atomic mass is 9.79. The lowest BCUT2D eigenvalue weighted by Crippen LogP contribution is -2.32. The van der Waals surface area contributed by atoms with Gasteiger partial charge in [0.05, 0.1) is 0 Å². The molecule has 3 heteroatoms. The van der Waals surface area contributed by atoms with Crippen molar-refractivity contribution in [1.82, 2.24) is 0 Å². The van der Waals surface area contributed by atoms with Crippen LogP contribution in [0.25, 0.3) is 0 Å². The molecule has 1 aliphatic carbocycles. The molecule has 2 N–H and O–H groups in total. The average molecular weight is 272 g/mol. The van der Waals surface area contributed by atoms with E-state index in [-0.39, 0.29) is 5.91 Å². The number of aryl methyl sites for hydroxylation is 1. The molecule has 108 valence electrons. The standard InChI is InChI=1S/C17H24N2O/c1-19-15-6-4-13(10-14(15)5-7-16(19)20)11-17(12-18)8-2-3-9-17/h4,6,10H,2-3,5,7-9,11-12,18H2,1H3. The number of carbonyl (C=O) groups excluding carboxylic acids is 1. The molecule has 0 radical (unpaired) electrons. The van der Waals surface area contributed by atoms with Gasteiger partial charge in [0.2, 0.25) is 5.91 Å². The molecule has 1 amide bonds. The zero-order valence-corrected chi connectivity index (χ0v) is 12.3. The van der Waals surface area contributed by atoms with E-state index in [2.05, 4.69) is 18.2 Å². The second-order valence-electron chi connectivity index (χ2n) is 6.50. The van der Waals surface area contributed by atoms with Crippen LogP contribution >= 0.6 is 0 Å². The molecule has 3 nitrogen and oxygen atoms in total. The van der Waals surface area contributed by atoms with E-state index < -0.39 is 0 Å². The van der Waals surface area contributed by atoms with Crippen molar-refractivity contribution in [1.29, 1.82) is 0 Å². The van der Waals surface area contributed by atoms with Crippen molar-refractivity contribution in [2.75, 3.05) is 18.5 Å². The molecule has 1 aromatic rings. The summed E-state index contributed by atoms with van der Waals surface area (Å²) in [7, 11) is 1.87. The van der Waals surface area contributed by atoms with Crippen molar-refractivity contribution in [3.05, 3.63) is 29.3 Å². The van der Waals surface area contributed by atoms with Crippen molar-refractivity contribution in [2.45, 2.75) is 44.9 Å². The highest BCUT2D eigenvalue weighted by molar-refractivity contribution is 5.95. The van der Waals surface area contributed by atoms with Gasteiger partial charge in [0.1, 0.15) is 0 Å². The summed E-state index contributed by atoms with van der Waals surface area (Å²) in [4.78, 5) is 13.5. The molecule has 2 aliphatic rings. The van der Waals surface area contributed by atoms with E-state index in [0.717, 1.165) is 25.1 Å². The topological polar surface area (TPSA) is 46.3 Å². The highest BCUT2D eigenvalue weighted by Gasteiger charge is 2.32. The molecule has 1 heterocycles. The Labute approximate surface area is 121 Å². The van der Waals surface area contributed by atoms with Crippen LogP contribution in [0.3, 0.4) is 0 Å². The first-order valence-corrected chi connectivity index (χ1v) is 7.72. The van der Waals surface area contributed by atoms with Crippen LogP contribution in [0.4, 0.5) is 5.69 Å². The second-order valence-corrected chi connectivity index (χ2v) is 6.50. The van der Waals surface area contributed by atoms with Crippen LogP contribution in [0.15, 0.2) is 18.2 Å². The van der Waals surface area contributed by atoms with Crippen molar-refractivity contribution in [3.63, 3.8) is 0 Å². The van der Waals surface area contributed by atoms with Crippen LogP contribution in [0.5, 0.6) is 0 Å². The second kappa shape index (κ2) is 5.21. The van der Waals surface area contributed by atoms with Crippen LogP contribution in [0, 0.1) is 5.41 Å². The molecular formula is C17H24N2O. The van der Waals surface area contributed by atoms with Gasteiger partial charge in [-0.05, 0) is 54.8 Å². The van der Waals surface area contributed by atoms with Crippen LogP contribution in [-0.2, 0) is 17.6 Å². The van der Waals surface area contributed by atoms with Gasteiger partial charge in [0.25, 0.3) is 0 Å². The fourth-order valence-electron chi connectivity index (χ4n) is 3.83. The third-order valence-corrected chi connectivity index (χ3v) is 5.16. The number of hydrogen-bond acceptors (Lipinski definition) is 2. The van der Waals surface area contributed by atoms with Gasteiger partial charge < -0.3 is 10.6 Å². The molecule has 3 rings (SSSR count). The molecule has 0 aromatic heterocycles. The minimum absolute atomic E-state index is 0.222. The van der Waals surface area contributed by atoms with Crippen molar-refractivity contribution >= 4 is 11.6 Å². The Morgan fingerprint density at radius 2 is 2.00 bits per heavy atom. The van der Waals surface area contributed by atoms with Crippen molar-refractivity contribution < 1.29 is 4.79 Å². The monoisotopic (exact) mass is 272 g/mol. The fraction of sp³-hybridized carbons (Fsp3) is 0.588. The number of hydrogen-bond donors (Lipinski definition) is 1. The first-order valence-electron chi connectivity index (χ1n) is 7.72. The Kier molecular flexibility index (Phi) is 3.55. The van der Waals surface area contributed by atoms with E-state index in [4.69, 9.17) is 5.73 Å². The number of benzene rings is 1. The SMILES string of the molecule is CN1C(=O)CCc2cc(CC3(CN)CCCC3)ccc21. The number of amides is 1. The molecule has 0 spiro atoms. The third kappa shape index (κ3) is 2.35. The van der Waals surface area contributed by atoms with Crippen LogP contribution in [-0.4, -0.2) is 19.5 Å². The van der Waals surface area contributed by atoms with Gasteiger partial charge in [0.15, 0.2) is 0 Å². The number of fused-ring (bicyclic) bond motifs is 1. The summed E-state index contributed by atoms with van der Waals surface area (Å²) in [5.41, 5.74) is 10.1. The molecule has 0 saturated heterocycles. The quantitative estimate of drug-likeness (QED) is 0.919. The summed E-state index contributed by atoms with van der Waals surface area (Å²) < 4.78 is 0. The van der Waals surface area contributed by atoms with Crippen LogP contribution in [0.1, 0.15) is 43.2 Å². The van der Waals surface area contributed by atoms with Gasteiger partial charge in [-0.2, -0.15) is 0 Å². The first kappa shape index (κ1) is 13.6. The third-order valence-electron chi connectivity index (χ3n) is 5.16. The first-order chi connectivity index (χ1) is 9.63. The molecule has 1 aromatic carbocycles. The minimum atomic E-state index is 0.222. The van der Waals surface area contributed by atoms with E-state index >= 15 is 0 Å². The van der Waals surface area contributed by atoms with E-state index in [0.29, 0.717) is 11.8 Å². The van der Waals surface area contributed by atoms with Gasteiger partial charge >= 0.3 is 0 Å². The summed E-state index contributed by atoms with van der Waals surface area (Å²) in [6.45, 7) is 0.794. The molecule has 0 bridgehead atoms. The Bertz CT molecular complexity index is 518. The van der Waals surface area contributed by atoms with E-state index in [1.165, 1.54) is 36.8 Å². The number of rotatable bonds is 3. The Morgan fingerprint density at radius 1 is 1.25 bits per heavy atom. The van der Waals surface area contributed by atoms with Gasteiger partial charge in [0, 0.05) is 19.2 Å². The summed E-state index contributed by atoms with van der Waals surface area (Å²) in [5.74, 6) is 0.222. The van der Waals surface area contributed by atoms with Gasteiger partial charge in [-0.25, -0.2) is 0 Å². The largest absolute Gasteiger partial charge is 0.330 e. The maximum absolute atomic E-state index is 11.7. The summed E-state index contributed by atoms with van der Waals surface area (Å²) >= 11 is 0. The van der Waals surface area contributed by atoms with Gasteiger partial charge in [-0.15, -0.1) is 0 Å². The normalized spacial score (nSPS) is 21.1. The number of anilines is 1. The number of nitrogens with zero attached hydrogens (tertiary/aromatic N) is 1. The average Bonchev–Trinajstić information content (AvgIpc) is 2.92. The maximum atomic E-state index is 11.7. The molecule has 1 saturated carbocycles. The smallest absolute Gasteiger partial charge is 0.227 e. The molecule has 0 atom stereocenters. The predicted octanol–water partition coefficient (Wildman–Crippen LogP) is 2.66. The van der Waals surface area contributed by atoms with Gasteiger partial charge in [-0.3, -0.25) is 4.79 Å². The summed E-state index contributed by atoms with van der Waals surface area (Å²) in [6.07, 6.45) is 7.77. The Balaban J connectivity index is 1.84. The number of carbonyl (C=O) groups is 1. The fourth-order valence-corrected chi connectivity index (χ4v) is 3.83. The molecule has 1 fully saturated rings. The zero-order chi connectivity index (χ0) is 14.2.